The largest absolute Gasteiger partial charge is 0.284 e. The van der Waals surface area contributed by atoms with Crippen molar-refractivity contribution in [3.63, 3.8) is 0 Å². The van der Waals surface area contributed by atoms with Gasteiger partial charge in [-0.3, -0.25) is 14.6 Å². The van der Waals surface area contributed by atoms with Crippen molar-refractivity contribution >= 4 is 40.7 Å². The van der Waals surface area contributed by atoms with Crippen LogP contribution in [0.3, 0.4) is 0 Å². The Bertz CT molecular complexity index is 681. The summed E-state index contributed by atoms with van der Waals surface area (Å²) in [6.07, 6.45) is 1.47. The number of nitrogens with zero attached hydrogens (tertiary/aromatic N) is 2. The second-order valence-corrected chi connectivity index (χ2v) is 4.70. The number of aromatic nitrogens is 1. The molecular weight excluding hydrogens is 287 g/mol. The highest BCUT2D eigenvalue weighted by Gasteiger charge is 2.38. The number of fused-ring (bicyclic) bond motifs is 1. The molecule has 4 nitrogen and oxygen atoms in total. The Morgan fingerprint density at radius 2 is 1.79 bits per heavy atom. The van der Waals surface area contributed by atoms with Crippen LogP contribution >= 0.6 is 23.2 Å². The van der Waals surface area contributed by atoms with E-state index in [1.807, 2.05) is 0 Å². The number of hydrogen-bond acceptors (Lipinski definition) is 3. The lowest BCUT2D eigenvalue weighted by atomic mass is 10.2. The molecule has 1 aliphatic heterocycles. The number of carbonyl (C=O) groups is 2. The maximum Gasteiger partial charge on any atom is 0.284 e. The molecule has 0 unspecified atom stereocenters. The van der Waals surface area contributed by atoms with Gasteiger partial charge in [0.15, 0.2) is 0 Å². The number of carbonyl (C=O) groups excluding carboxylic acids is 2. The van der Waals surface area contributed by atoms with Crippen LogP contribution in [-0.4, -0.2) is 16.8 Å². The van der Waals surface area contributed by atoms with E-state index in [9.17, 15) is 9.59 Å². The zero-order chi connectivity index (χ0) is 13.6. The molecule has 0 fully saturated rings. The van der Waals surface area contributed by atoms with E-state index in [4.69, 9.17) is 23.2 Å². The Balaban J connectivity index is 2.17. The summed E-state index contributed by atoms with van der Waals surface area (Å²) in [5.41, 5.74) is 0.661. The summed E-state index contributed by atoms with van der Waals surface area (Å²) < 4.78 is 0. The van der Waals surface area contributed by atoms with Crippen LogP contribution in [0.5, 0.6) is 0 Å². The predicted octanol–water partition coefficient (Wildman–Crippen LogP) is 3.19. The number of benzene rings is 1. The summed E-state index contributed by atoms with van der Waals surface area (Å²) >= 11 is 12.0. The second-order valence-electron chi connectivity index (χ2n) is 3.92. The van der Waals surface area contributed by atoms with Crippen LogP contribution in [0.1, 0.15) is 20.8 Å². The van der Waals surface area contributed by atoms with E-state index in [0.29, 0.717) is 0 Å². The van der Waals surface area contributed by atoms with Gasteiger partial charge in [0.2, 0.25) is 0 Å². The molecule has 94 valence electrons. The number of pyridine rings is 1. The molecule has 0 bridgehead atoms. The van der Waals surface area contributed by atoms with E-state index in [2.05, 4.69) is 4.98 Å². The molecule has 0 saturated heterocycles. The molecule has 0 spiro atoms. The fraction of sp³-hybridized carbons (Fsp3) is 0. The van der Waals surface area contributed by atoms with Gasteiger partial charge in [-0.15, -0.1) is 0 Å². The molecule has 0 atom stereocenters. The lowest BCUT2D eigenvalue weighted by molar-refractivity contribution is 0.0924. The van der Waals surface area contributed by atoms with Crippen molar-refractivity contribution in [1.82, 2.24) is 4.98 Å². The molecule has 0 radical (unpaired) electrons. The zero-order valence-corrected chi connectivity index (χ0v) is 10.9. The molecule has 2 aromatic rings. The first-order chi connectivity index (χ1) is 9.11. The van der Waals surface area contributed by atoms with Crippen LogP contribution in [0.2, 0.25) is 10.0 Å². The number of halogens is 2. The summed E-state index contributed by atoms with van der Waals surface area (Å²) in [5, 5.41) is 0.447. The number of imide groups is 1. The second kappa shape index (κ2) is 4.33. The molecule has 1 aliphatic rings. The van der Waals surface area contributed by atoms with Crippen LogP contribution in [0, 0.1) is 0 Å². The third-order valence-electron chi connectivity index (χ3n) is 2.82. The van der Waals surface area contributed by atoms with Gasteiger partial charge in [0.25, 0.3) is 11.8 Å². The van der Waals surface area contributed by atoms with Gasteiger partial charge in [0.05, 0.1) is 21.3 Å². The van der Waals surface area contributed by atoms with Crippen molar-refractivity contribution in [1.29, 1.82) is 0 Å². The number of amides is 2. The number of hydrogen-bond donors (Lipinski definition) is 0. The third kappa shape index (κ3) is 1.72. The van der Waals surface area contributed by atoms with E-state index < -0.39 is 11.8 Å². The van der Waals surface area contributed by atoms with E-state index in [1.165, 1.54) is 6.20 Å². The highest BCUT2D eigenvalue weighted by molar-refractivity contribution is 6.45. The average Bonchev–Trinajstić information content (AvgIpc) is 2.67. The standard InChI is InChI=1S/C13H6Cl2N2O2/c14-8-4-1-5-9(10(8)15)17-12(18)7-3-2-6-16-11(7)13(17)19/h1-6H. The van der Waals surface area contributed by atoms with E-state index in [1.54, 1.807) is 30.3 Å². The zero-order valence-electron chi connectivity index (χ0n) is 9.43. The minimum Gasteiger partial charge on any atom is -0.268 e. The Hall–Kier alpha value is -1.91. The molecule has 6 heteroatoms. The van der Waals surface area contributed by atoms with Crippen molar-refractivity contribution in [3.05, 3.63) is 57.8 Å². The van der Waals surface area contributed by atoms with Crippen LogP contribution < -0.4 is 4.90 Å². The first-order valence-corrected chi connectivity index (χ1v) is 6.14. The maximum absolute atomic E-state index is 12.2. The number of anilines is 1. The van der Waals surface area contributed by atoms with Gasteiger partial charge < -0.3 is 0 Å². The Labute approximate surface area is 118 Å². The number of rotatable bonds is 1. The average molecular weight is 293 g/mol. The van der Waals surface area contributed by atoms with E-state index in [-0.39, 0.29) is 27.0 Å². The monoisotopic (exact) mass is 292 g/mol. The normalized spacial score (nSPS) is 13.9. The van der Waals surface area contributed by atoms with Gasteiger partial charge in [0, 0.05) is 6.20 Å². The quantitative estimate of drug-likeness (QED) is 0.759. The van der Waals surface area contributed by atoms with Crippen LogP contribution in [0.4, 0.5) is 5.69 Å². The van der Waals surface area contributed by atoms with Gasteiger partial charge in [-0.25, -0.2) is 4.90 Å². The molecular formula is C13H6Cl2N2O2. The Morgan fingerprint density at radius 3 is 2.53 bits per heavy atom. The Kier molecular flexibility index (Phi) is 2.77. The fourth-order valence-electron chi connectivity index (χ4n) is 1.95. The van der Waals surface area contributed by atoms with Crippen molar-refractivity contribution in [2.45, 2.75) is 0 Å². The molecule has 3 rings (SSSR count). The molecule has 1 aromatic carbocycles. The molecule has 0 N–H and O–H groups in total. The van der Waals surface area contributed by atoms with E-state index in [0.717, 1.165) is 4.90 Å². The van der Waals surface area contributed by atoms with Crippen LogP contribution in [-0.2, 0) is 0 Å². The Morgan fingerprint density at radius 1 is 1.00 bits per heavy atom. The van der Waals surface area contributed by atoms with Gasteiger partial charge in [-0.05, 0) is 24.3 Å². The van der Waals surface area contributed by atoms with Crippen molar-refractivity contribution in [2.24, 2.45) is 0 Å². The van der Waals surface area contributed by atoms with Crippen molar-refractivity contribution < 1.29 is 9.59 Å². The maximum atomic E-state index is 12.2. The van der Waals surface area contributed by atoms with Gasteiger partial charge in [-0.1, -0.05) is 29.3 Å². The van der Waals surface area contributed by atoms with Crippen molar-refractivity contribution in [3.8, 4) is 0 Å². The van der Waals surface area contributed by atoms with Crippen LogP contribution in [0.15, 0.2) is 36.5 Å². The van der Waals surface area contributed by atoms with Gasteiger partial charge >= 0.3 is 0 Å². The summed E-state index contributed by atoms with van der Waals surface area (Å²) in [6, 6.07) is 7.94. The van der Waals surface area contributed by atoms with Gasteiger partial charge in [-0.2, -0.15) is 0 Å². The topological polar surface area (TPSA) is 50.3 Å². The molecule has 2 amide bonds. The first-order valence-electron chi connectivity index (χ1n) is 5.39. The van der Waals surface area contributed by atoms with Crippen LogP contribution in [0.25, 0.3) is 0 Å². The molecule has 0 saturated carbocycles. The first kappa shape index (κ1) is 12.1. The summed E-state index contributed by atoms with van der Waals surface area (Å²) in [5.74, 6) is -0.943. The highest BCUT2D eigenvalue weighted by atomic mass is 35.5. The molecule has 1 aromatic heterocycles. The SMILES string of the molecule is O=C1c2cccnc2C(=O)N1c1cccc(Cl)c1Cl. The summed E-state index contributed by atoms with van der Waals surface area (Å²) in [4.78, 5) is 29.4. The predicted molar refractivity (Wildman–Crippen MR) is 71.8 cm³/mol. The lowest BCUT2D eigenvalue weighted by Crippen LogP contribution is -2.29. The lowest BCUT2D eigenvalue weighted by Gasteiger charge is -2.15. The van der Waals surface area contributed by atoms with Crippen molar-refractivity contribution in [2.75, 3.05) is 4.90 Å². The molecule has 0 aliphatic carbocycles. The molecule has 2 heterocycles. The summed E-state index contributed by atoms with van der Waals surface area (Å²) in [6.45, 7) is 0. The van der Waals surface area contributed by atoms with Gasteiger partial charge in [0.1, 0.15) is 5.69 Å². The summed E-state index contributed by atoms with van der Waals surface area (Å²) in [7, 11) is 0. The van der Waals surface area contributed by atoms with E-state index >= 15 is 0 Å². The minimum atomic E-state index is -0.496. The fourth-order valence-corrected chi connectivity index (χ4v) is 2.33. The minimum absolute atomic E-state index is 0.128. The molecule has 19 heavy (non-hydrogen) atoms. The third-order valence-corrected chi connectivity index (χ3v) is 3.63. The highest BCUT2D eigenvalue weighted by Crippen LogP contribution is 2.36. The smallest absolute Gasteiger partial charge is 0.268 e.